The van der Waals surface area contributed by atoms with Crippen LogP contribution >= 0.6 is 0 Å². The van der Waals surface area contributed by atoms with Gasteiger partial charge in [0.05, 0.1) is 0 Å². The Morgan fingerprint density at radius 1 is 1.33 bits per heavy atom. The molecule has 2 aliphatic heterocycles. The first kappa shape index (κ1) is 9.22. The summed E-state index contributed by atoms with van der Waals surface area (Å²) in [4.78, 5) is 2.64. The van der Waals surface area contributed by atoms with Crippen LogP contribution in [0.1, 0.15) is 18.9 Å². The normalized spacial score (nSPS) is 28.7. The van der Waals surface area contributed by atoms with Gasteiger partial charge in [-0.05, 0) is 24.5 Å². The summed E-state index contributed by atoms with van der Waals surface area (Å²) in [6.45, 7) is 4.57. The molecule has 2 heterocycles. The van der Waals surface area contributed by atoms with Crippen molar-refractivity contribution in [1.29, 1.82) is 0 Å². The molecule has 0 spiro atoms. The van der Waals surface area contributed by atoms with E-state index >= 15 is 0 Å². The summed E-state index contributed by atoms with van der Waals surface area (Å²) < 4.78 is 0. The standard InChI is InChI=1S/C13H18N2/c1-2-11-8-14-9-12-7-10-5-3-4-6-13(10)15(11)12/h3-6,11-12,14H,2,7-9H2,1H3. The monoisotopic (exact) mass is 202 g/mol. The molecule has 1 aromatic rings. The van der Waals surface area contributed by atoms with Crippen molar-refractivity contribution in [2.45, 2.75) is 31.8 Å². The maximum absolute atomic E-state index is 3.55. The van der Waals surface area contributed by atoms with E-state index in [0.29, 0.717) is 12.1 Å². The van der Waals surface area contributed by atoms with Crippen molar-refractivity contribution < 1.29 is 0 Å². The van der Waals surface area contributed by atoms with Gasteiger partial charge in [-0.15, -0.1) is 0 Å². The lowest BCUT2D eigenvalue weighted by Gasteiger charge is -2.40. The smallest absolute Gasteiger partial charge is 0.0459 e. The van der Waals surface area contributed by atoms with E-state index in [1.165, 1.54) is 24.1 Å². The molecule has 0 radical (unpaired) electrons. The third-order valence-corrected chi connectivity index (χ3v) is 3.74. The van der Waals surface area contributed by atoms with Crippen LogP contribution in [0.15, 0.2) is 24.3 Å². The van der Waals surface area contributed by atoms with Crippen LogP contribution in [0.25, 0.3) is 0 Å². The average Bonchev–Trinajstić information content (AvgIpc) is 2.67. The molecule has 2 heteroatoms. The molecule has 1 N–H and O–H groups in total. The van der Waals surface area contributed by atoms with Gasteiger partial charge < -0.3 is 10.2 Å². The Morgan fingerprint density at radius 2 is 2.20 bits per heavy atom. The number of nitrogens with one attached hydrogen (secondary N) is 1. The van der Waals surface area contributed by atoms with Crippen LogP contribution in [0, 0.1) is 0 Å². The molecule has 2 unspecified atom stereocenters. The van der Waals surface area contributed by atoms with Gasteiger partial charge in [-0.3, -0.25) is 0 Å². The Hall–Kier alpha value is -1.02. The fourth-order valence-corrected chi connectivity index (χ4v) is 3.01. The molecule has 0 bridgehead atoms. The number of hydrogen-bond acceptors (Lipinski definition) is 2. The lowest BCUT2D eigenvalue weighted by atomic mass is 10.1. The molecule has 2 atom stereocenters. The van der Waals surface area contributed by atoms with Gasteiger partial charge in [0, 0.05) is 30.9 Å². The van der Waals surface area contributed by atoms with E-state index in [-0.39, 0.29) is 0 Å². The van der Waals surface area contributed by atoms with E-state index in [1.54, 1.807) is 0 Å². The molecule has 1 saturated heterocycles. The highest BCUT2D eigenvalue weighted by molar-refractivity contribution is 5.60. The van der Waals surface area contributed by atoms with Crippen molar-refractivity contribution in [2.75, 3.05) is 18.0 Å². The van der Waals surface area contributed by atoms with Gasteiger partial charge in [-0.25, -0.2) is 0 Å². The van der Waals surface area contributed by atoms with E-state index in [2.05, 4.69) is 41.4 Å². The molecule has 0 saturated carbocycles. The Labute approximate surface area is 91.3 Å². The van der Waals surface area contributed by atoms with Gasteiger partial charge in [0.25, 0.3) is 0 Å². The van der Waals surface area contributed by atoms with E-state index in [9.17, 15) is 0 Å². The molecular weight excluding hydrogens is 184 g/mol. The van der Waals surface area contributed by atoms with E-state index < -0.39 is 0 Å². The SMILES string of the molecule is CCC1CNCC2Cc3ccccc3N12. The van der Waals surface area contributed by atoms with Crippen LogP contribution in [-0.2, 0) is 6.42 Å². The second-order valence-corrected chi connectivity index (χ2v) is 4.61. The van der Waals surface area contributed by atoms with E-state index in [4.69, 9.17) is 0 Å². The Morgan fingerprint density at radius 3 is 3.07 bits per heavy atom. The third-order valence-electron chi connectivity index (χ3n) is 3.74. The zero-order chi connectivity index (χ0) is 10.3. The van der Waals surface area contributed by atoms with Crippen LogP contribution in [-0.4, -0.2) is 25.2 Å². The maximum Gasteiger partial charge on any atom is 0.0459 e. The summed E-state index contributed by atoms with van der Waals surface area (Å²) in [5, 5.41) is 3.55. The molecule has 80 valence electrons. The molecule has 3 rings (SSSR count). The number of piperazine rings is 1. The van der Waals surface area contributed by atoms with Crippen molar-refractivity contribution in [3.05, 3.63) is 29.8 Å². The highest BCUT2D eigenvalue weighted by Gasteiger charge is 2.35. The minimum Gasteiger partial charge on any atom is -0.362 e. The van der Waals surface area contributed by atoms with Gasteiger partial charge in [0.1, 0.15) is 0 Å². The number of anilines is 1. The summed E-state index contributed by atoms with van der Waals surface area (Å²) in [6, 6.07) is 10.3. The predicted octanol–water partition coefficient (Wildman–Crippen LogP) is 1.80. The summed E-state index contributed by atoms with van der Waals surface area (Å²) in [7, 11) is 0. The molecule has 15 heavy (non-hydrogen) atoms. The van der Waals surface area contributed by atoms with Crippen LogP contribution in [0.5, 0.6) is 0 Å². The van der Waals surface area contributed by atoms with Crippen LogP contribution in [0.3, 0.4) is 0 Å². The predicted molar refractivity (Wildman–Crippen MR) is 63.4 cm³/mol. The quantitative estimate of drug-likeness (QED) is 0.747. The summed E-state index contributed by atoms with van der Waals surface area (Å²) in [5.41, 5.74) is 3.01. The first-order valence-corrected chi connectivity index (χ1v) is 5.97. The molecule has 2 aliphatic rings. The minimum absolute atomic E-state index is 0.687. The molecule has 0 amide bonds. The topological polar surface area (TPSA) is 15.3 Å². The highest BCUT2D eigenvalue weighted by atomic mass is 15.3. The zero-order valence-electron chi connectivity index (χ0n) is 9.24. The van der Waals surface area contributed by atoms with Crippen molar-refractivity contribution >= 4 is 5.69 Å². The highest BCUT2D eigenvalue weighted by Crippen LogP contribution is 2.35. The van der Waals surface area contributed by atoms with Crippen LogP contribution in [0.4, 0.5) is 5.69 Å². The van der Waals surface area contributed by atoms with Crippen molar-refractivity contribution in [3.63, 3.8) is 0 Å². The number of benzene rings is 1. The second-order valence-electron chi connectivity index (χ2n) is 4.61. The summed E-state index contributed by atoms with van der Waals surface area (Å²) >= 11 is 0. The number of para-hydroxylation sites is 1. The first-order chi connectivity index (χ1) is 7.40. The van der Waals surface area contributed by atoms with Gasteiger partial charge >= 0.3 is 0 Å². The number of rotatable bonds is 1. The van der Waals surface area contributed by atoms with Crippen LogP contribution < -0.4 is 10.2 Å². The van der Waals surface area contributed by atoms with Gasteiger partial charge in [-0.1, -0.05) is 25.1 Å². The van der Waals surface area contributed by atoms with Gasteiger partial charge in [0.2, 0.25) is 0 Å². The summed E-state index contributed by atoms with van der Waals surface area (Å²) in [5.74, 6) is 0. The Bertz CT molecular complexity index is 355. The molecule has 0 aromatic heterocycles. The van der Waals surface area contributed by atoms with Crippen molar-refractivity contribution in [3.8, 4) is 0 Å². The Kier molecular flexibility index (Phi) is 2.17. The molecule has 1 fully saturated rings. The maximum atomic E-state index is 3.55. The zero-order valence-corrected chi connectivity index (χ0v) is 9.24. The van der Waals surface area contributed by atoms with E-state index in [1.807, 2.05) is 0 Å². The largest absolute Gasteiger partial charge is 0.362 e. The Balaban J connectivity index is 1.99. The fraction of sp³-hybridized carbons (Fsp3) is 0.538. The van der Waals surface area contributed by atoms with Crippen LogP contribution in [0.2, 0.25) is 0 Å². The van der Waals surface area contributed by atoms with Crippen molar-refractivity contribution in [2.24, 2.45) is 0 Å². The first-order valence-electron chi connectivity index (χ1n) is 5.97. The third kappa shape index (κ3) is 1.36. The summed E-state index contributed by atoms with van der Waals surface area (Å²) in [6.07, 6.45) is 2.46. The molecular formula is C13H18N2. The molecule has 0 aliphatic carbocycles. The van der Waals surface area contributed by atoms with Crippen molar-refractivity contribution in [1.82, 2.24) is 5.32 Å². The minimum atomic E-state index is 0.687. The number of nitrogens with zero attached hydrogens (tertiary/aromatic N) is 1. The lowest BCUT2D eigenvalue weighted by molar-refractivity contribution is 0.405. The second kappa shape index (κ2) is 3.53. The molecule has 1 aromatic carbocycles. The number of fused-ring (bicyclic) bond motifs is 3. The number of hydrogen-bond donors (Lipinski definition) is 1. The average molecular weight is 202 g/mol. The lowest BCUT2D eigenvalue weighted by Crippen LogP contribution is -2.55. The van der Waals surface area contributed by atoms with Gasteiger partial charge in [0.15, 0.2) is 0 Å². The molecule has 2 nitrogen and oxygen atoms in total. The van der Waals surface area contributed by atoms with Gasteiger partial charge in [-0.2, -0.15) is 0 Å². The van der Waals surface area contributed by atoms with E-state index in [0.717, 1.165) is 13.1 Å². The fourth-order valence-electron chi connectivity index (χ4n) is 3.01.